The molecule has 0 spiro atoms. The van der Waals surface area contributed by atoms with Crippen molar-refractivity contribution in [2.24, 2.45) is 0 Å². The molecule has 0 aromatic heterocycles. The first-order valence-electron chi connectivity index (χ1n) is 3.10. The molecule has 1 aromatic rings. The summed E-state index contributed by atoms with van der Waals surface area (Å²) in [5.74, 6) is 1.68. The molecule has 3 heteroatoms. The molecule has 1 radical (unpaired) electrons. The van der Waals surface area contributed by atoms with Gasteiger partial charge >= 0.3 is 0 Å². The summed E-state index contributed by atoms with van der Waals surface area (Å²) in [5.41, 5.74) is 1.21. The minimum absolute atomic E-state index is 0. The van der Waals surface area contributed by atoms with Gasteiger partial charge in [-0.1, -0.05) is 12.1 Å². The summed E-state index contributed by atoms with van der Waals surface area (Å²) in [4.78, 5) is 0. The molecule has 0 bridgehead atoms. The molecular formula is C8H10KOS. The van der Waals surface area contributed by atoms with E-state index in [0.29, 0.717) is 0 Å². The molecular weight excluding hydrogens is 183 g/mol. The van der Waals surface area contributed by atoms with Crippen LogP contribution in [0.2, 0.25) is 0 Å². The second-order valence-corrected chi connectivity index (χ2v) is 2.32. The van der Waals surface area contributed by atoms with Gasteiger partial charge in [-0.05, 0) is 17.7 Å². The molecule has 0 unspecified atom stereocenters. The molecule has 1 nitrogen and oxygen atoms in total. The minimum Gasteiger partial charge on any atom is -0.497 e. The van der Waals surface area contributed by atoms with E-state index in [4.69, 9.17) is 4.74 Å². The maximum atomic E-state index is 4.99. The van der Waals surface area contributed by atoms with Gasteiger partial charge in [0, 0.05) is 57.1 Å². The molecule has 0 heterocycles. The third-order valence-electron chi connectivity index (χ3n) is 1.34. The van der Waals surface area contributed by atoms with Crippen molar-refractivity contribution in [2.45, 2.75) is 5.75 Å². The fourth-order valence-corrected chi connectivity index (χ4v) is 0.942. The van der Waals surface area contributed by atoms with Crippen LogP contribution in [-0.2, 0) is 5.75 Å². The normalized spacial score (nSPS) is 8.55. The van der Waals surface area contributed by atoms with Crippen LogP contribution in [0.15, 0.2) is 24.3 Å². The first-order chi connectivity index (χ1) is 4.86. The number of hydrogen-bond donors (Lipinski definition) is 1. The van der Waals surface area contributed by atoms with E-state index in [-0.39, 0.29) is 51.4 Å². The van der Waals surface area contributed by atoms with Crippen molar-refractivity contribution in [3.05, 3.63) is 29.8 Å². The van der Waals surface area contributed by atoms with E-state index in [9.17, 15) is 0 Å². The van der Waals surface area contributed by atoms with E-state index in [1.54, 1.807) is 7.11 Å². The molecule has 0 aliphatic heterocycles. The van der Waals surface area contributed by atoms with Gasteiger partial charge in [0.1, 0.15) is 5.75 Å². The maximum Gasteiger partial charge on any atom is 0.118 e. The Morgan fingerprint density at radius 2 is 1.82 bits per heavy atom. The van der Waals surface area contributed by atoms with E-state index >= 15 is 0 Å². The summed E-state index contributed by atoms with van der Waals surface area (Å²) >= 11 is 4.13. The average molecular weight is 193 g/mol. The number of methoxy groups -OCH3 is 1. The first-order valence-corrected chi connectivity index (χ1v) is 3.74. The molecule has 11 heavy (non-hydrogen) atoms. The predicted octanol–water partition coefficient (Wildman–Crippen LogP) is 1.74. The van der Waals surface area contributed by atoms with Crippen LogP contribution in [0.5, 0.6) is 5.75 Å². The zero-order valence-electron chi connectivity index (χ0n) is 6.87. The third-order valence-corrected chi connectivity index (χ3v) is 1.71. The standard InChI is InChI=1S/C8H10OS.K/c1-9-8-4-2-7(6-10)3-5-8;/h2-5,10H,6H2,1H3;. The summed E-state index contributed by atoms with van der Waals surface area (Å²) in [6.45, 7) is 0. The van der Waals surface area contributed by atoms with Crippen molar-refractivity contribution < 1.29 is 4.74 Å². The Balaban J connectivity index is 0.000001000. The van der Waals surface area contributed by atoms with Crippen LogP contribution >= 0.6 is 12.6 Å². The van der Waals surface area contributed by atoms with Crippen molar-refractivity contribution in [2.75, 3.05) is 7.11 Å². The van der Waals surface area contributed by atoms with Gasteiger partial charge in [0.15, 0.2) is 0 Å². The Hall–Kier alpha value is 1.01. The van der Waals surface area contributed by atoms with Crippen molar-refractivity contribution >= 4 is 64.0 Å². The molecule has 0 fully saturated rings. The molecule has 55 valence electrons. The second kappa shape index (κ2) is 6.51. The number of rotatable bonds is 2. The topological polar surface area (TPSA) is 9.23 Å². The Morgan fingerprint density at radius 1 is 1.27 bits per heavy atom. The molecule has 0 atom stereocenters. The van der Waals surface area contributed by atoms with Crippen LogP contribution in [0.4, 0.5) is 0 Å². The van der Waals surface area contributed by atoms with Gasteiger partial charge in [-0.3, -0.25) is 0 Å². The summed E-state index contributed by atoms with van der Waals surface area (Å²) < 4.78 is 4.99. The fraction of sp³-hybridized carbons (Fsp3) is 0.250. The fourth-order valence-electron chi connectivity index (χ4n) is 0.731. The van der Waals surface area contributed by atoms with Gasteiger partial charge < -0.3 is 4.74 Å². The minimum atomic E-state index is 0. The summed E-state index contributed by atoms with van der Waals surface area (Å²) in [6, 6.07) is 7.88. The summed E-state index contributed by atoms with van der Waals surface area (Å²) in [7, 11) is 1.66. The zero-order chi connectivity index (χ0) is 7.40. The monoisotopic (exact) mass is 193 g/mol. The molecule has 0 aliphatic rings. The van der Waals surface area contributed by atoms with Crippen LogP contribution in [-0.4, -0.2) is 58.5 Å². The van der Waals surface area contributed by atoms with Crippen LogP contribution < -0.4 is 4.74 Å². The van der Waals surface area contributed by atoms with E-state index in [1.807, 2.05) is 24.3 Å². The second-order valence-electron chi connectivity index (χ2n) is 2.01. The summed E-state index contributed by atoms with van der Waals surface area (Å²) in [6.07, 6.45) is 0. The van der Waals surface area contributed by atoms with E-state index in [0.717, 1.165) is 11.5 Å². The Morgan fingerprint density at radius 3 is 2.18 bits per heavy atom. The van der Waals surface area contributed by atoms with E-state index in [2.05, 4.69) is 12.6 Å². The van der Waals surface area contributed by atoms with Crippen LogP contribution in [0, 0.1) is 0 Å². The van der Waals surface area contributed by atoms with Gasteiger partial charge in [-0.15, -0.1) is 0 Å². The van der Waals surface area contributed by atoms with Crippen LogP contribution in [0.25, 0.3) is 0 Å². The molecule has 1 rings (SSSR count). The van der Waals surface area contributed by atoms with Gasteiger partial charge in [-0.2, -0.15) is 12.6 Å². The first kappa shape index (κ1) is 12.0. The molecule has 0 amide bonds. The maximum absolute atomic E-state index is 4.99. The Labute approximate surface area is 115 Å². The molecule has 0 saturated heterocycles. The quantitative estimate of drug-likeness (QED) is 0.556. The Kier molecular flexibility index (Phi) is 7.11. The predicted molar refractivity (Wildman–Crippen MR) is 51.4 cm³/mol. The molecule has 0 aliphatic carbocycles. The van der Waals surface area contributed by atoms with Gasteiger partial charge in [0.25, 0.3) is 0 Å². The van der Waals surface area contributed by atoms with E-state index in [1.165, 1.54) is 5.56 Å². The van der Waals surface area contributed by atoms with Gasteiger partial charge in [0.2, 0.25) is 0 Å². The van der Waals surface area contributed by atoms with Crippen molar-refractivity contribution in [1.29, 1.82) is 0 Å². The molecule has 0 saturated carbocycles. The van der Waals surface area contributed by atoms with E-state index < -0.39 is 0 Å². The van der Waals surface area contributed by atoms with Crippen LogP contribution in [0.3, 0.4) is 0 Å². The van der Waals surface area contributed by atoms with Crippen LogP contribution in [0.1, 0.15) is 5.56 Å². The van der Waals surface area contributed by atoms with Gasteiger partial charge in [0.05, 0.1) is 7.11 Å². The van der Waals surface area contributed by atoms with Crippen molar-refractivity contribution in [1.82, 2.24) is 0 Å². The van der Waals surface area contributed by atoms with Gasteiger partial charge in [-0.25, -0.2) is 0 Å². The SMILES string of the molecule is COc1ccc(CS)cc1.[K]. The number of thiol groups is 1. The molecule has 1 aromatic carbocycles. The third kappa shape index (κ3) is 3.96. The number of benzene rings is 1. The largest absolute Gasteiger partial charge is 0.497 e. The van der Waals surface area contributed by atoms with Crippen molar-refractivity contribution in [3.63, 3.8) is 0 Å². The molecule has 0 N–H and O–H groups in total. The smallest absolute Gasteiger partial charge is 0.118 e. The number of ether oxygens (including phenoxy) is 1. The number of hydrogen-bond acceptors (Lipinski definition) is 2. The Bertz CT molecular complexity index is 175. The summed E-state index contributed by atoms with van der Waals surface area (Å²) in [5, 5.41) is 0. The average Bonchev–Trinajstić information content (AvgIpc) is 2.05. The zero-order valence-corrected chi connectivity index (χ0v) is 10.9. The van der Waals surface area contributed by atoms with Crippen molar-refractivity contribution in [3.8, 4) is 5.75 Å².